The molecule has 1 aromatic carbocycles. The van der Waals surface area contributed by atoms with Crippen molar-refractivity contribution in [3.8, 4) is 5.75 Å². The first kappa shape index (κ1) is 9.03. The molecule has 0 atom stereocenters. The number of aromatic hydroxyl groups is 1. The maximum absolute atomic E-state index is 9.73. The fraction of sp³-hybridized carbons (Fsp3) is 0.200. The lowest BCUT2D eigenvalue weighted by atomic mass is 10.2. The lowest BCUT2D eigenvalue weighted by molar-refractivity contribution is 0.479. The van der Waals surface area contributed by atoms with Gasteiger partial charge in [0.05, 0.1) is 9.17 Å². The Morgan fingerprint density at radius 2 is 2.23 bits per heavy atom. The van der Waals surface area contributed by atoms with Gasteiger partial charge in [-0.2, -0.15) is 0 Å². The molecule has 0 amide bonds. The van der Waals surface area contributed by atoms with E-state index in [1.165, 1.54) is 4.88 Å². The van der Waals surface area contributed by atoms with Crippen molar-refractivity contribution in [1.29, 1.82) is 0 Å². The highest BCUT2D eigenvalue weighted by atomic mass is 79.9. The standard InChI is InChI=1S/C10H9BrOS/c1-2-7-5-6-3-4-8(11)9(12)10(6)13-7/h3-5,12H,2H2,1H3. The van der Waals surface area contributed by atoms with Gasteiger partial charge < -0.3 is 5.11 Å². The largest absolute Gasteiger partial charge is 0.505 e. The number of hydrogen-bond acceptors (Lipinski definition) is 2. The van der Waals surface area contributed by atoms with E-state index in [2.05, 4.69) is 28.9 Å². The predicted octanol–water partition coefficient (Wildman–Crippen LogP) is 3.93. The summed E-state index contributed by atoms with van der Waals surface area (Å²) < 4.78 is 1.75. The van der Waals surface area contributed by atoms with E-state index in [0.717, 1.165) is 21.0 Å². The summed E-state index contributed by atoms with van der Waals surface area (Å²) in [5.74, 6) is 0.363. The van der Waals surface area contributed by atoms with Crippen LogP contribution in [0.5, 0.6) is 5.75 Å². The first-order valence-electron chi connectivity index (χ1n) is 4.12. The van der Waals surface area contributed by atoms with Crippen LogP contribution in [0.25, 0.3) is 10.1 Å². The van der Waals surface area contributed by atoms with Crippen LogP contribution in [0.3, 0.4) is 0 Å². The lowest BCUT2D eigenvalue weighted by Gasteiger charge is -1.96. The van der Waals surface area contributed by atoms with Gasteiger partial charge >= 0.3 is 0 Å². The van der Waals surface area contributed by atoms with Crippen LogP contribution in [0.4, 0.5) is 0 Å². The summed E-state index contributed by atoms with van der Waals surface area (Å²) in [6.45, 7) is 2.12. The molecule has 0 saturated heterocycles. The minimum Gasteiger partial charge on any atom is -0.505 e. The second-order valence-electron chi connectivity index (χ2n) is 2.88. The van der Waals surface area contributed by atoms with Crippen LogP contribution >= 0.6 is 27.3 Å². The minimum atomic E-state index is 0.363. The SMILES string of the molecule is CCc1cc2ccc(Br)c(O)c2s1. The topological polar surface area (TPSA) is 20.2 Å². The van der Waals surface area contributed by atoms with E-state index in [4.69, 9.17) is 0 Å². The van der Waals surface area contributed by atoms with Gasteiger partial charge in [-0.1, -0.05) is 13.0 Å². The van der Waals surface area contributed by atoms with E-state index in [1.807, 2.05) is 12.1 Å². The third-order valence-electron chi connectivity index (χ3n) is 2.01. The van der Waals surface area contributed by atoms with Gasteiger partial charge in [0.15, 0.2) is 0 Å². The summed E-state index contributed by atoms with van der Waals surface area (Å²) in [6.07, 6.45) is 1.02. The Kier molecular flexibility index (Phi) is 2.30. The minimum absolute atomic E-state index is 0.363. The highest BCUT2D eigenvalue weighted by Gasteiger charge is 2.07. The van der Waals surface area contributed by atoms with Gasteiger partial charge in [0.1, 0.15) is 5.75 Å². The Morgan fingerprint density at radius 1 is 1.46 bits per heavy atom. The summed E-state index contributed by atoms with van der Waals surface area (Å²) in [6, 6.07) is 6.03. The zero-order valence-corrected chi connectivity index (χ0v) is 9.58. The second-order valence-corrected chi connectivity index (χ2v) is 4.87. The summed E-state index contributed by atoms with van der Waals surface area (Å²) >= 11 is 4.96. The molecular weight excluding hydrogens is 248 g/mol. The van der Waals surface area contributed by atoms with Crippen LogP contribution in [-0.2, 0) is 6.42 Å². The molecule has 0 aliphatic carbocycles. The molecule has 0 fully saturated rings. The number of aryl methyl sites for hydroxylation is 1. The number of thiophene rings is 1. The smallest absolute Gasteiger partial charge is 0.147 e. The normalized spacial score (nSPS) is 10.9. The van der Waals surface area contributed by atoms with Gasteiger partial charge in [0.25, 0.3) is 0 Å². The van der Waals surface area contributed by atoms with Crippen LogP contribution < -0.4 is 0 Å². The molecule has 1 aromatic heterocycles. The van der Waals surface area contributed by atoms with Crippen LogP contribution in [-0.4, -0.2) is 5.11 Å². The number of hydrogen-bond donors (Lipinski definition) is 1. The molecule has 1 heterocycles. The third kappa shape index (κ3) is 1.46. The van der Waals surface area contributed by atoms with Crippen molar-refractivity contribution < 1.29 is 5.11 Å². The maximum Gasteiger partial charge on any atom is 0.147 e. The van der Waals surface area contributed by atoms with Gasteiger partial charge in [-0.15, -0.1) is 11.3 Å². The van der Waals surface area contributed by atoms with E-state index in [-0.39, 0.29) is 0 Å². The molecule has 68 valence electrons. The molecule has 0 saturated carbocycles. The number of fused-ring (bicyclic) bond motifs is 1. The zero-order chi connectivity index (χ0) is 9.42. The van der Waals surface area contributed by atoms with Crippen LogP contribution in [0.15, 0.2) is 22.7 Å². The van der Waals surface area contributed by atoms with Crippen molar-refractivity contribution in [2.24, 2.45) is 0 Å². The van der Waals surface area contributed by atoms with Gasteiger partial charge in [-0.05, 0) is 39.9 Å². The quantitative estimate of drug-likeness (QED) is 0.820. The average Bonchev–Trinajstić information content (AvgIpc) is 2.55. The first-order valence-corrected chi connectivity index (χ1v) is 5.73. The molecule has 0 aliphatic heterocycles. The fourth-order valence-electron chi connectivity index (χ4n) is 1.29. The Bertz CT molecular complexity index is 447. The lowest BCUT2D eigenvalue weighted by Crippen LogP contribution is -1.67. The Hall–Kier alpha value is -0.540. The Labute approximate surface area is 89.1 Å². The van der Waals surface area contributed by atoms with Gasteiger partial charge in [-0.3, -0.25) is 0 Å². The Morgan fingerprint density at radius 3 is 2.92 bits per heavy atom. The number of benzene rings is 1. The van der Waals surface area contributed by atoms with Crippen molar-refractivity contribution in [2.75, 3.05) is 0 Å². The van der Waals surface area contributed by atoms with E-state index >= 15 is 0 Å². The molecule has 0 bridgehead atoms. The zero-order valence-electron chi connectivity index (χ0n) is 7.17. The second kappa shape index (κ2) is 3.31. The molecule has 1 nitrogen and oxygen atoms in total. The fourth-order valence-corrected chi connectivity index (χ4v) is 2.80. The van der Waals surface area contributed by atoms with E-state index in [1.54, 1.807) is 11.3 Å². The van der Waals surface area contributed by atoms with E-state index in [0.29, 0.717) is 5.75 Å². The number of halogens is 1. The predicted molar refractivity (Wildman–Crippen MR) is 60.6 cm³/mol. The number of phenols is 1. The highest BCUT2D eigenvalue weighted by Crippen LogP contribution is 2.37. The van der Waals surface area contributed by atoms with Crippen molar-refractivity contribution in [3.05, 3.63) is 27.5 Å². The number of phenolic OH excluding ortho intramolecular Hbond substituents is 1. The Balaban J connectivity index is 2.76. The van der Waals surface area contributed by atoms with Crippen molar-refractivity contribution in [2.45, 2.75) is 13.3 Å². The van der Waals surface area contributed by atoms with Gasteiger partial charge in [-0.25, -0.2) is 0 Å². The van der Waals surface area contributed by atoms with E-state index < -0.39 is 0 Å². The van der Waals surface area contributed by atoms with Crippen molar-refractivity contribution in [3.63, 3.8) is 0 Å². The first-order chi connectivity index (χ1) is 6.22. The van der Waals surface area contributed by atoms with Gasteiger partial charge in [0.2, 0.25) is 0 Å². The molecule has 2 aromatic rings. The van der Waals surface area contributed by atoms with Crippen LogP contribution in [0.2, 0.25) is 0 Å². The maximum atomic E-state index is 9.73. The summed E-state index contributed by atoms with van der Waals surface area (Å²) in [5.41, 5.74) is 0. The van der Waals surface area contributed by atoms with Crippen molar-refractivity contribution >= 4 is 37.4 Å². The van der Waals surface area contributed by atoms with Crippen LogP contribution in [0.1, 0.15) is 11.8 Å². The van der Waals surface area contributed by atoms with Crippen molar-refractivity contribution in [1.82, 2.24) is 0 Å². The molecule has 0 spiro atoms. The molecule has 13 heavy (non-hydrogen) atoms. The summed E-state index contributed by atoms with van der Waals surface area (Å²) in [7, 11) is 0. The molecule has 1 N–H and O–H groups in total. The molecule has 0 aliphatic rings. The van der Waals surface area contributed by atoms with E-state index in [9.17, 15) is 5.11 Å². The third-order valence-corrected chi connectivity index (χ3v) is 3.95. The molecular formula is C10H9BrOS. The van der Waals surface area contributed by atoms with Gasteiger partial charge in [0, 0.05) is 4.88 Å². The average molecular weight is 257 g/mol. The summed E-state index contributed by atoms with van der Waals surface area (Å²) in [5, 5.41) is 10.9. The molecule has 0 unspecified atom stereocenters. The van der Waals surface area contributed by atoms with Crippen LogP contribution in [0, 0.1) is 0 Å². The monoisotopic (exact) mass is 256 g/mol. The molecule has 3 heteroatoms. The highest BCUT2D eigenvalue weighted by molar-refractivity contribution is 9.10. The number of rotatable bonds is 1. The molecule has 2 rings (SSSR count). The molecule has 0 radical (unpaired) electrons. The summed E-state index contributed by atoms with van der Waals surface area (Å²) in [4.78, 5) is 1.31.